The van der Waals surface area contributed by atoms with Crippen molar-refractivity contribution in [2.24, 2.45) is 5.92 Å². The first-order valence-corrected chi connectivity index (χ1v) is 7.59. The lowest BCUT2D eigenvalue weighted by molar-refractivity contribution is 0.189. The Morgan fingerprint density at radius 1 is 1.16 bits per heavy atom. The van der Waals surface area contributed by atoms with Crippen molar-refractivity contribution < 1.29 is 4.42 Å². The van der Waals surface area contributed by atoms with Gasteiger partial charge >= 0.3 is 0 Å². The van der Waals surface area contributed by atoms with Gasteiger partial charge in [0.15, 0.2) is 0 Å². The van der Waals surface area contributed by atoms with Crippen LogP contribution in [-0.2, 0) is 13.1 Å². The molecule has 0 bridgehead atoms. The van der Waals surface area contributed by atoms with Gasteiger partial charge < -0.3 is 9.73 Å². The largest absolute Gasteiger partial charge is 0.463 e. The summed E-state index contributed by atoms with van der Waals surface area (Å²) in [5, 5.41) is 3.41. The standard InChI is InChI=1S/C16H30N2O/c1-6-14(5)18(7-2)12-16-9-8-15(19-16)11-17-10-13(3)4/h8-9,13-14,17H,6-7,10-12H2,1-5H3. The summed E-state index contributed by atoms with van der Waals surface area (Å²) in [5.41, 5.74) is 0. The Bertz CT molecular complexity index is 346. The minimum atomic E-state index is 0.609. The molecule has 1 aromatic heterocycles. The van der Waals surface area contributed by atoms with Gasteiger partial charge in [0.2, 0.25) is 0 Å². The van der Waals surface area contributed by atoms with Crippen molar-refractivity contribution in [3.05, 3.63) is 23.7 Å². The fraction of sp³-hybridized carbons (Fsp3) is 0.750. The first-order chi connectivity index (χ1) is 9.06. The van der Waals surface area contributed by atoms with Crippen LogP contribution in [0.4, 0.5) is 0 Å². The van der Waals surface area contributed by atoms with Gasteiger partial charge in [-0.2, -0.15) is 0 Å². The van der Waals surface area contributed by atoms with Crippen LogP contribution in [0.15, 0.2) is 16.5 Å². The summed E-state index contributed by atoms with van der Waals surface area (Å²) in [6.45, 7) is 15.0. The van der Waals surface area contributed by atoms with E-state index in [9.17, 15) is 0 Å². The van der Waals surface area contributed by atoms with E-state index in [1.807, 2.05) is 0 Å². The number of hydrogen-bond donors (Lipinski definition) is 1. The first-order valence-electron chi connectivity index (χ1n) is 7.59. The molecule has 1 unspecified atom stereocenters. The second-order valence-electron chi connectivity index (χ2n) is 5.71. The second-order valence-corrected chi connectivity index (χ2v) is 5.71. The minimum absolute atomic E-state index is 0.609. The Morgan fingerprint density at radius 3 is 2.42 bits per heavy atom. The number of nitrogens with zero attached hydrogens (tertiary/aromatic N) is 1. The van der Waals surface area contributed by atoms with Gasteiger partial charge in [0.05, 0.1) is 13.1 Å². The summed E-state index contributed by atoms with van der Waals surface area (Å²) in [4.78, 5) is 2.45. The van der Waals surface area contributed by atoms with Crippen LogP contribution >= 0.6 is 0 Å². The molecule has 0 amide bonds. The summed E-state index contributed by atoms with van der Waals surface area (Å²) in [7, 11) is 0. The average Bonchev–Trinajstić information content (AvgIpc) is 2.82. The molecule has 110 valence electrons. The molecule has 19 heavy (non-hydrogen) atoms. The highest BCUT2D eigenvalue weighted by atomic mass is 16.3. The fourth-order valence-electron chi connectivity index (χ4n) is 2.12. The maximum absolute atomic E-state index is 5.89. The van der Waals surface area contributed by atoms with Crippen molar-refractivity contribution in [3.63, 3.8) is 0 Å². The molecule has 0 aliphatic carbocycles. The Morgan fingerprint density at radius 2 is 1.84 bits per heavy atom. The molecule has 1 rings (SSSR count). The van der Waals surface area contributed by atoms with Crippen LogP contribution in [0, 0.1) is 5.92 Å². The number of furan rings is 1. The molecule has 0 aromatic carbocycles. The lowest BCUT2D eigenvalue weighted by Crippen LogP contribution is -2.31. The molecule has 1 heterocycles. The summed E-state index contributed by atoms with van der Waals surface area (Å²) in [5.74, 6) is 2.79. The third kappa shape index (κ3) is 5.79. The molecular weight excluding hydrogens is 236 g/mol. The Labute approximate surface area is 118 Å². The van der Waals surface area contributed by atoms with Gasteiger partial charge in [-0.15, -0.1) is 0 Å². The van der Waals surface area contributed by atoms with Crippen LogP contribution in [0.5, 0.6) is 0 Å². The van der Waals surface area contributed by atoms with Gasteiger partial charge in [0.1, 0.15) is 11.5 Å². The van der Waals surface area contributed by atoms with E-state index >= 15 is 0 Å². The molecule has 1 N–H and O–H groups in total. The highest BCUT2D eigenvalue weighted by Gasteiger charge is 2.12. The zero-order valence-corrected chi connectivity index (χ0v) is 13.2. The molecule has 0 aliphatic rings. The Kier molecular flexibility index (Phi) is 7.17. The highest BCUT2D eigenvalue weighted by molar-refractivity contribution is 5.07. The number of hydrogen-bond acceptors (Lipinski definition) is 3. The van der Waals surface area contributed by atoms with Crippen LogP contribution in [0.2, 0.25) is 0 Å². The van der Waals surface area contributed by atoms with E-state index < -0.39 is 0 Å². The molecule has 1 atom stereocenters. The third-order valence-electron chi connectivity index (χ3n) is 3.55. The zero-order chi connectivity index (χ0) is 14.3. The van der Waals surface area contributed by atoms with Gasteiger partial charge in [0.25, 0.3) is 0 Å². The smallest absolute Gasteiger partial charge is 0.118 e. The van der Waals surface area contributed by atoms with E-state index in [0.29, 0.717) is 12.0 Å². The fourth-order valence-corrected chi connectivity index (χ4v) is 2.12. The molecule has 0 spiro atoms. The van der Waals surface area contributed by atoms with E-state index in [-0.39, 0.29) is 0 Å². The molecular formula is C16H30N2O. The van der Waals surface area contributed by atoms with Crippen LogP contribution in [0.1, 0.15) is 52.6 Å². The summed E-state index contributed by atoms with van der Waals surface area (Å²) in [6, 6.07) is 4.81. The van der Waals surface area contributed by atoms with Gasteiger partial charge in [-0.3, -0.25) is 4.90 Å². The predicted molar refractivity (Wildman–Crippen MR) is 81.1 cm³/mol. The van der Waals surface area contributed by atoms with Crippen LogP contribution in [0.3, 0.4) is 0 Å². The Balaban J connectivity index is 2.45. The van der Waals surface area contributed by atoms with Gasteiger partial charge in [-0.25, -0.2) is 0 Å². The quantitative estimate of drug-likeness (QED) is 0.739. The molecule has 0 saturated carbocycles. The van der Waals surface area contributed by atoms with Gasteiger partial charge in [-0.05, 0) is 44.5 Å². The number of nitrogens with one attached hydrogen (secondary N) is 1. The SMILES string of the molecule is CCC(C)N(CC)Cc1ccc(CNCC(C)C)o1. The van der Waals surface area contributed by atoms with E-state index in [1.54, 1.807) is 0 Å². The van der Waals surface area contributed by atoms with Gasteiger partial charge in [-0.1, -0.05) is 27.7 Å². The van der Waals surface area contributed by atoms with Crippen molar-refractivity contribution in [3.8, 4) is 0 Å². The highest BCUT2D eigenvalue weighted by Crippen LogP contribution is 2.13. The van der Waals surface area contributed by atoms with E-state index in [0.717, 1.165) is 37.7 Å². The van der Waals surface area contributed by atoms with Crippen molar-refractivity contribution in [2.45, 2.75) is 60.2 Å². The third-order valence-corrected chi connectivity index (χ3v) is 3.55. The number of rotatable bonds is 9. The second kappa shape index (κ2) is 8.39. The maximum atomic E-state index is 5.89. The molecule has 0 fully saturated rings. The van der Waals surface area contributed by atoms with Crippen LogP contribution in [-0.4, -0.2) is 24.0 Å². The summed E-state index contributed by atoms with van der Waals surface area (Å²) < 4.78 is 5.89. The molecule has 0 saturated heterocycles. The normalized spacial score (nSPS) is 13.4. The zero-order valence-electron chi connectivity index (χ0n) is 13.2. The summed E-state index contributed by atoms with van der Waals surface area (Å²) in [6.07, 6.45) is 1.18. The van der Waals surface area contributed by atoms with Gasteiger partial charge in [0, 0.05) is 6.04 Å². The molecule has 3 nitrogen and oxygen atoms in total. The molecule has 3 heteroatoms. The van der Waals surface area contributed by atoms with Crippen LogP contribution < -0.4 is 5.32 Å². The molecule has 1 aromatic rings. The molecule has 0 aliphatic heterocycles. The van der Waals surface area contributed by atoms with Crippen LogP contribution in [0.25, 0.3) is 0 Å². The first kappa shape index (κ1) is 16.3. The maximum Gasteiger partial charge on any atom is 0.118 e. The van der Waals surface area contributed by atoms with E-state index in [1.165, 1.54) is 6.42 Å². The van der Waals surface area contributed by atoms with Crippen molar-refractivity contribution in [2.75, 3.05) is 13.1 Å². The lowest BCUT2D eigenvalue weighted by Gasteiger charge is -2.25. The van der Waals surface area contributed by atoms with Crippen molar-refractivity contribution in [1.82, 2.24) is 10.2 Å². The van der Waals surface area contributed by atoms with Crippen molar-refractivity contribution in [1.29, 1.82) is 0 Å². The lowest BCUT2D eigenvalue weighted by atomic mass is 10.2. The summed E-state index contributed by atoms with van der Waals surface area (Å²) >= 11 is 0. The minimum Gasteiger partial charge on any atom is -0.463 e. The Hall–Kier alpha value is -0.800. The average molecular weight is 266 g/mol. The predicted octanol–water partition coefficient (Wildman–Crippen LogP) is 3.65. The van der Waals surface area contributed by atoms with E-state index in [4.69, 9.17) is 4.42 Å². The topological polar surface area (TPSA) is 28.4 Å². The van der Waals surface area contributed by atoms with Crippen molar-refractivity contribution >= 4 is 0 Å². The monoisotopic (exact) mass is 266 g/mol. The molecule has 0 radical (unpaired) electrons. The van der Waals surface area contributed by atoms with E-state index in [2.05, 4.69) is 57.0 Å².